The van der Waals surface area contributed by atoms with Crippen LogP contribution in [0.15, 0.2) is 18.2 Å². The molecule has 2 heterocycles. The Bertz CT molecular complexity index is 758. The van der Waals surface area contributed by atoms with Gasteiger partial charge in [0, 0.05) is 22.7 Å². The van der Waals surface area contributed by atoms with Gasteiger partial charge in [0.15, 0.2) is 5.69 Å². The standard InChI is InChI=1S/C14H11ClF3N3O2/c15-7-1-2-11(9(5-7)14(16,17)18)19-13(22)12-8-6-23-4-3-10(8)20-21-12/h1-2,5H,3-4,6H2,(H,19,22)(H,20,21). The number of carbonyl (C=O) groups is 1. The maximum absolute atomic E-state index is 13.0. The lowest BCUT2D eigenvalue weighted by Gasteiger charge is -2.15. The van der Waals surface area contributed by atoms with Crippen LogP contribution < -0.4 is 5.32 Å². The Morgan fingerprint density at radius 3 is 2.91 bits per heavy atom. The van der Waals surface area contributed by atoms with Crippen LogP contribution in [0, 0.1) is 0 Å². The molecule has 1 aromatic heterocycles. The van der Waals surface area contributed by atoms with E-state index in [-0.39, 0.29) is 23.0 Å². The lowest BCUT2D eigenvalue weighted by molar-refractivity contribution is -0.136. The van der Waals surface area contributed by atoms with Gasteiger partial charge in [-0.15, -0.1) is 0 Å². The SMILES string of the molecule is O=C(Nc1ccc(Cl)cc1C(F)(F)F)c1n[nH]c2c1COCC2. The van der Waals surface area contributed by atoms with E-state index < -0.39 is 17.6 Å². The molecule has 1 amide bonds. The molecule has 1 aromatic carbocycles. The first kappa shape index (κ1) is 15.8. The van der Waals surface area contributed by atoms with E-state index in [1.54, 1.807) is 0 Å². The number of amides is 1. The summed E-state index contributed by atoms with van der Waals surface area (Å²) in [6.45, 7) is 0.701. The fraction of sp³-hybridized carbons (Fsp3) is 0.286. The maximum Gasteiger partial charge on any atom is 0.418 e. The highest BCUT2D eigenvalue weighted by Gasteiger charge is 2.34. The van der Waals surface area contributed by atoms with Crippen LogP contribution in [0.25, 0.3) is 0 Å². The second-order valence-electron chi connectivity index (χ2n) is 4.97. The number of hydrogen-bond donors (Lipinski definition) is 2. The smallest absolute Gasteiger partial charge is 0.376 e. The van der Waals surface area contributed by atoms with Crippen LogP contribution in [0.2, 0.25) is 5.02 Å². The fourth-order valence-electron chi connectivity index (χ4n) is 2.34. The van der Waals surface area contributed by atoms with Gasteiger partial charge in [0.1, 0.15) is 0 Å². The Hall–Kier alpha value is -2.06. The van der Waals surface area contributed by atoms with Crippen LogP contribution in [-0.2, 0) is 23.9 Å². The molecule has 0 aliphatic carbocycles. The van der Waals surface area contributed by atoms with E-state index in [0.29, 0.717) is 18.6 Å². The average Bonchev–Trinajstić information content (AvgIpc) is 2.92. The molecule has 122 valence electrons. The number of carbonyl (C=O) groups excluding carboxylic acids is 1. The van der Waals surface area contributed by atoms with Crippen molar-refractivity contribution in [1.82, 2.24) is 10.2 Å². The Morgan fingerprint density at radius 2 is 2.17 bits per heavy atom. The summed E-state index contributed by atoms with van der Waals surface area (Å²) < 4.78 is 44.4. The first-order valence-electron chi connectivity index (χ1n) is 6.68. The molecule has 1 aliphatic rings. The highest BCUT2D eigenvalue weighted by Crippen LogP contribution is 2.36. The highest BCUT2D eigenvalue weighted by atomic mass is 35.5. The number of ether oxygens (including phenoxy) is 1. The van der Waals surface area contributed by atoms with Gasteiger partial charge >= 0.3 is 6.18 Å². The summed E-state index contributed by atoms with van der Waals surface area (Å²) in [5, 5.41) is 8.76. The van der Waals surface area contributed by atoms with Crippen LogP contribution in [0.3, 0.4) is 0 Å². The molecule has 2 N–H and O–H groups in total. The molecule has 5 nitrogen and oxygen atoms in total. The molecule has 9 heteroatoms. The number of H-pyrrole nitrogens is 1. The lowest BCUT2D eigenvalue weighted by atomic mass is 10.1. The van der Waals surface area contributed by atoms with E-state index in [1.165, 1.54) is 6.07 Å². The predicted octanol–water partition coefficient (Wildman–Crippen LogP) is 3.41. The van der Waals surface area contributed by atoms with E-state index in [4.69, 9.17) is 16.3 Å². The zero-order valence-corrected chi connectivity index (χ0v) is 12.4. The van der Waals surface area contributed by atoms with Crippen molar-refractivity contribution in [3.63, 3.8) is 0 Å². The largest absolute Gasteiger partial charge is 0.418 e. The predicted molar refractivity (Wildman–Crippen MR) is 76.4 cm³/mol. The van der Waals surface area contributed by atoms with Crippen LogP contribution in [0.5, 0.6) is 0 Å². The number of hydrogen-bond acceptors (Lipinski definition) is 3. The van der Waals surface area contributed by atoms with Crippen molar-refractivity contribution in [2.24, 2.45) is 0 Å². The van der Waals surface area contributed by atoms with E-state index in [1.807, 2.05) is 0 Å². The van der Waals surface area contributed by atoms with Gasteiger partial charge in [-0.05, 0) is 18.2 Å². The number of fused-ring (bicyclic) bond motifs is 1. The molecule has 0 unspecified atom stereocenters. The van der Waals surface area contributed by atoms with Gasteiger partial charge in [-0.25, -0.2) is 0 Å². The maximum atomic E-state index is 13.0. The average molecular weight is 346 g/mol. The summed E-state index contributed by atoms with van der Waals surface area (Å²) in [7, 11) is 0. The summed E-state index contributed by atoms with van der Waals surface area (Å²) in [5.74, 6) is -0.735. The summed E-state index contributed by atoms with van der Waals surface area (Å²) in [6.07, 6.45) is -4.06. The van der Waals surface area contributed by atoms with Crippen molar-refractivity contribution in [3.8, 4) is 0 Å². The number of alkyl halides is 3. The third-order valence-corrected chi connectivity index (χ3v) is 3.68. The molecule has 0 fully saturated rings. The van der Waals surface area contributed by atoms with Crippen molar-refractivity contribution in [2.45, 2.75) is 19.2 Å². The number of aromatic amines is 1. The first-order chi connectivity index (χ1) is 10.9. The monoisotopic (exact) mass is 345 g/mol. The van der Waals surface area contributed by atoms with Crippen molar-refractivity contribution < 1.29 is 22.7 Å². The normalized spacial score (nSPS) is 14.4. The Morgan fingerprint density at radius 1 is 1.39 bits per heavy atom. The molecule has 0 saturated heterocycles. The molecule has 0 radical (unpaired) electrons. The van der Waals surface area contributed by atoms with E-state index in [2.05, 4.69) is 15.5 Å². The van der Waals surface area contributed by atoms with Crippen molar-refractivity contribution in [1.29, 1.82) is 0 Å². The quantitative estimate of drug-likeness (QED) is 0.876. The van der Waals surface area contributed by atoms with Gasteiger partial charge in [0.25, 0.3) is 5.91 Å². The molecule has 0 saturated carbocycles. The summed E-state index contributed by atoms with van der Waals surface area (Å²) in [5.41, 5.74) is -0.0352. The molecular weight excluding hydrogens is 335 g/mol. The van der Waals surface area contributed by atoms with Gasteiger partial charge in [0.05, 0.1) is 24.5 Å². The molecular formula is C14H11ClF3N3O2. The van der Waals surface area contributed by atoms with Crippen molar-refractivity contribution in [2.75, 3.05) is 11.9 Å². The Kier molecular flexibility index (Phi) is 4.03. The number of nitrogens with one attached hydrogen (secondary N) is 2. The second-order valence-corrected chi connectivity index (χ2v) is 5.41. The van der Waals surface area contributed by atoms with Gasteiger partial charge in [-0.1, -0.05) is 11.6 Å². The summed E-state index contributed by atoms with van der Waals surface area (Å²) in [4.78, 5) is 12.3. The number of anilines is 1. The lowest BCUT2D eigenvalue weighted by Crippen LogP contribution is -2.19. The minimum atomic E-state index is -4.64. The van der Waals surface area contributed by atoms with E-state index >= 15 is 0 Å². The minimum Gasteiger partial charge on any atom is -0.376 e. The van der Waals surface area contributed by atoms with E-state index in [0.717, 1.165) is 17.8 Å². The number of rotatable bonds is 2. The Balaban J connectivity index is 1.91. The van der Waals surface area contributed by atoms with Crippen LogP contribution in [0.4, 0.5) is 18.9 Å². The third-order valence-electron chi connectivity index (χ3n) is 3.45. The first-order valence-corrected chi connectivity index (χ1v) is 7.06. The molecule has 0 spiro atoms. The zero-order chi connectivity index (χ0) is 16.6. The van der Waals surface area contributed by atoms with E-state index in [9.17, 15) is 18.0 Å². The molecule has 0 atom stereocenters. The molecule has 2 aromatic rings. The molecule has 1 aliphatic heterocycles. The third kappa shape index (κ3) is 3.18. The van der Waals surface area contributed by atoms with Crippen LogP contribution in [0.1, 0.15) is 27.3 Å². The number of halogens is 4. The zero-order valence-electron chi connectivity index (χ0n) is 11.6. The van der Waals surface area contributed by atoms with Crippen LogP contribution in [-0.4, -0.2) is 22.7 Å². The van der Waals surface area contributed by atoms with Gasteiger partial charge in [-0.3, -0.25) is 9.89 Å². The Labute approximate surface area is 133 Å². The number of benzene rings is 1. The summed E-state index contributed by atoms with van der Waals surface area (Å²) in [6, 6.07) is 3.15. The highest BCUT2D eigenvalue weighted by molar-refractivity contribution is 6.30. The topological polar surface area (TPSA) is 67.0 Å². The van der Waals surface area contributed by atoms with Crippen molar-refractivity contribution >= 4 is 23.2 Å². The van der Waals surface area contributed by atoms with Gasteiger partial charge < -0.3 is 10.1 Å². The van der Waals surface area contributed by atoms with Gasteiger partial charge in [0.2, 0.25) is 0 Å². The molecule has 23 heavy (non-hydrogen) atoms. The van der Waals surface area contributed by atoms with Crippen molar-refractivity contribution in [3.05, 3.63) is 45.7 Å². The molecule has 0 bridgehead atoms. The van der Waals surface area contributed by atoms with Crippen LogP contribution >= 0.6 is 11.6 Å². The molecule has 3 rings (SSSR count). The van der Waals surface area contributed by atoms with Gasteiger partial charge in [-0.2, -0.15) is 18.3 Å². The number of aromatic nitrogens is 2. The fourth-order valence-corrected chi connectivity index (χ4v) is 2.51. The number of nitrogens with zero attached hydrogens (tertiary/aromatic N) is 1. The summed E-state index contributed by atoms with van der Waals surface area (Å²) >= 11 is 5.61. The second kappa shape index (κ2) is 5.86. The minimum absolute atomic E-state index is 0.0303.